The molecule has 0 aliphatic heterocycles. The Morgan fingerprint density at radius 3 is 2.86 bits per heavy atom. The number of nitrogens with zero attached hydrogens (tertiary/aromatic N) is 3. The highest BCUT2D eigenvalue weighted by Crippen LogP contribution is 2.33. The molecule has 2 heterocycles. The van der Waals surface area contributed by atoms with Crippen LogP contribution in [0.5, 0.6) is 0 Å². The third-order valence-electron chi connectivity index (χ3n) is 4.00. The number of thiophene rings is 1. The zero-order valence-electron chi connectivity index (χ0n) is 15.4. The lowest BCUT2D eigenvalue weighted by Gasteiger charge is -2.08. The fourth-order valence-electron chi connectivity index (χ4n) is 2.55. The minimum absolute atomic E-state index is 0.284. The van der Waals surface area contributed by atoms with Gasteiger partial charge in [0.2, 0.25) is 5.95 Å². The van der Waals surface area contributed by atoms with Gasteiger partial charge >= 0.3 is 5.97 Å². The first-order chi connectivity index (χ1) is 13.4. The number of carbonyl (C=O) groups excluding carboxylic acids is 1. The molecule has 0 amide bonds. The summed E-state index contributed by atoms with van der Waals surface area (Å²) >= 11 is 12.8. The number of carbonyl (C=O) groups is 1. The molecular formula is C18H18ClN5O2S2. The predicted octanol–water partition coefficient (Wildman–Crippen LogP) is 4.25. The standard InChI is InChI=1S/C18H18ClN5O2S2/c1-10-11(2)28-15(14(10)16(25)26-3)21-18(27)22-17-20-9-24(23-17)8-12-5-4-6-13(19)7-12/h4-7,9H,8H2,1-3H3,(H2,21,22,23,27). The van der Waals surface area contributed by atoms with E-state index in [4.69, 9.17) is 28.6 Å². The van der Waals surface area contributed by atoms with Crippen LogP contribution in [-0.2, 0) is 11.3 Å². The number of thiocarbonyl (C=S) groups is 1. The average molecular weight is 436 g/mol. The highest BCUT2D eigenvalue weighted by molar-refractivity contribution is 7.80. The monoisotopic (exact) mass is 435 g/mol. The first-order valence-electron chi connectivity index (χ1n) is 8.27. The predicted molar refractivity (Wildman–Crippen MR) is 116 cm³/mol. The van der Waals surface area contributed by atoms with Gasteiger partial charge in [-0.1, -0.05) is 23.7 Å². The second-order valence-corrected chi connectivity index (χ2v) is 8.02. The number of aromatic nitrogens is 3. The minimum atomic E-state index is -0.406. The quantitative estimate of drug-likeness (QED) is 0.458. The summed E-state index contributed by atoms with van der Waals surface area (Å²) in [4.78, 5) is 17.3. The van der Waals surface area contributed by atoms with Gasteiger partial charge in [-0.15, -0.1) is 16.4 Å². The second-order valence-electron chi connectivity index (χ2n) is 5.95. The Kier molecular flexibility index (Phi) is 6.28. The number of methoxy groups -OCH3 is 1. The van der Waals surface area contributed by atoms with E-state index in [1.807, 2.05) is 38.1 Å². The molecule has 7 nitrogen and oxygen atoms in total. The van der Waals surface area contributed by atoms with Gasteiger partial charge in [-0.25, -0.2) is 14.5 Å². The number of esters is 1. The van der Waals surface area contributed by atoms with Crippen LogP contribution in [0, 0.1) is 13.8 Å². The summed E-state index contributed by atoms with van der Waals surface area (Å²) in [6.45, 7) is 4.34. The number of anilines is 2. The SMILES string of the molecule is COC(=O)c1c(NC(=S)Nc2ncn(Cc3cccc(Cl)c3)n2)sc(C)c1C. The van der Waals surface area contributed by atoms with Crippen molar-refractivity contribution in [1.29, 1.82) is 0 Å². The third-order valence-corrected chi connectivity index (χ3v) is 5.56. The zero-order chi connectivity index (χ0) is 20.3. The summed E-state index contributed by atoms with van der Waals surface area (Å²) in [5.41, 5.74) is 2.36. The molecule has 0 saturated carbocycles. The highest BCUT2D eigenvalue weighted by atomic mass is 35.5. The Labute approximate surface area is 176 Å². The van der Waals surface area contributed by atoms with E-state index in [0.29, 0.717) is 28.1 Å². The third kappa shape index (κ3) is 4.67. The number of ether oxygens (including phenoxy) is 1. The fourth-order valence-corrected chi connectivity index (χ4v) is 4.07. The molecule has 3 aromatic rings. The van der Waals surface area contributed by atoms with E-state index in [1.54, 1.807) is 11.0 Å². The van der Waals surface area contributed by atoms with Crippen LogP contribution in [0.1, 0.15) is 26.4 Å². The number of hydrogen-bond donors (Lipinski definition) is 2. The van der Waals surface area contributed by atoms with Crippen LogP contribution < -0.4 is 10.6 Å². The van der Waals surface area contributed by atoms with E-state index in [-0.39, 0.29) is 5.11 Å². The number of benzene rings is 1. The van der Waals surface area contributed by atoms with Crippen molar-refractivity contribution in [2.24, 2.45) is 0 Å². The Balaban J connectivity index is 1.67. The summed E-state index contributed by atoms with van der Waals surface area (Å²) in [5.74, 6) is -0.0554. The van der Waals surface area contributed by atoms with Crippen LogP contribution in [0.15, 0.2) is 30.6 Å². The molecule has 0 spiro atoms. The summed E-state index contributed by atoms with van der Waals surface area (Å²) in [6, 6.07) is 7.54. The Morgan fingerprint density at radius 2 is 2.14 bits per heavy atom. The normalized spacial score (nSPS) is 10.6. The van der Waals surface area contributed by atoms with E-state index >= 15 is 0 Å². The first kappa shape index (κ1) is 20.2. The Hall–Kier alpha value is -2.49. The van der Waals surface area contributed by atoms with Crippen molar-refractivity contribution in [1.82, 2.24) is 14.8 Å². The Morgan fingerprint density at radius 1 is 1.36 bits per heavy atom. The molecule has 146 valence electrons. The Bertz CT molecular complexity index is 1030. The first-order valence-corrected chi connectivity index (χ1v) is 9.88. The lowest BCUT2D eigenvalue weighted by atomic mass is 10.1. The van der Waals surface area contributed by atoms with E-state index in [2.05, 4.69) is 20.7 Å². The molecule has 28 heavy (non-hydrogen) atoms. The van der Waals surface area contributed by atoms with E-state index in [1.165, 1.54) is 18.4 Å². The van der Waals surface area contributed by atoms with Crippen molar-refractivity contribution in [2.75, 3.05) is 17.7 Å². The van der Waals surface area contributed by atoms with E-state index < -0.39 is 5.97 Å². The summed E-state index contributed by atoms with van der Waals surface area (Å²) in [6.07, 6.45) is 1.60. The van der Waals surface area contributed by atoms with Crippen molar-refractivity contribution < 1.29 is 9.53 Å². The van der Waals surface area contributed by atoms with Gasteiger partial charge in [0, 0.05) is 9.90 Å². The van der Waals surface area contributed by atoms with Gasteiger partial charge in [0.1, 0.15) is 11.3 Å². The van der Waals surface area contributed by atoms with Crippen molar-refractivity contribution in [3.8, 4) is 0 Å². The van der Waals surface area contributed by atoms with Gasteiger partial charge in [0.25, 0.3) is 0 Å². The van der Waals surface area contributed by atoms with Gasteiger partial charge < -0.3 is 10.1 Å². The fraction of sp³-hybridized carbons (Fsp3) is 0.222. The van der Waals surface area contributed by atoms with Gasteiger partial charge in [-0.05, 0) is 49.3 Å². The number of nitrogens with one attached hydrogen (secondary N) is 2. The van der Waals surface area contributed by atoms with Crippen LogP contribution in [0.4, 0.5) is 10.9 Å². The van der Waals surface area contributed by atoms with E-state index in [9.17, 15) is 4.79 Å². The molecule has 0 unspecified atom stereocenters. The number of aryl methyl sites for hydroxylation is 1. The number of hydrogen-bond acceptors (Lipinski definition) is 6. The van der Waals surface area contributed by atoms with Gasteiger partial charge in [0.05, 0.1) is 19.2 Å². The average Bonchev–Trinajstić information content (AvgIpc) is 3.18. The molecule has 0 aliphatic rings. The minimum Gasteiger partial charge on any atom is -0.465 e. The van der Waals surface area contributed by atoms with Crippen LogP contribution in [-0.4, -0.2) is 33.0 Å². The second kappa shape index (κ2) is 8.68. The molecule has 0 bridgehead atoms. The summed E-state index contributed by atoms with van der Waals surface area (Å²) in [7, 11) is 1.35. The molecule has 3 rings (SSSR count). The zero-order valence-corrected chi connectivity index (χ0v) is 17.8. The molecule has 0 fully saturated rings. The van der Waals surface area contributed by atoms with Crippen LogP contribution >= 0.6 is 35.2 Å². The molecule has 0 atom stereocenters. The summed E-state index contributed by atoms with van der Waals surface area (Å²) in [5, 5.41) is 11.9. The molecule has 1 aromatic carbocycles. The summed E-state index contributed by atoms with van der Waals surface area (Å²) < 4.78 is 6.54. The van der Waals surface area contributed by atoms with Gasteiger partial charge in [-0.3, -0.25) is 5.32 Å². The molecule has 2 N–H and O–H groups in total. The smallest absolute Gasteiger partial charge is 0.341 e. The van der Waals surface area contributed by atoms with E-state index in [0.717, 1.165) is 16.0 Å². The lowest BCUT2D eigenvalue weighted by Crippen LogP contribution is -2.21. The van der Waals surface area contributed by atoms with Crippen molar-refractivity contribution in [3.05, 3.63) is 57.2 Å². The van der Waals surface area contributed by atoms with Crippen LogP contribution in [0.25, 0.3) is 0 Å². The lowest BCUT2D eigenvalue weighted by molar-refractivity contribution is 0.0601. The number of rotatable bonds is 5. The maximum absolute atomic E-state index is 12.1. The largest absolute Gasteiger partial charge is 0.465 e. The molecule has 0 saturated heterocycles. The molecule has 0 radical (unpaired) electrons. The number of halogens is 1. The van der Waals surface area contributed by atoms with Crippen molar-refractivity contribution in [2.45, 2.75) is 20.4 Å². The molecular weight excluding hydrogens is 418 g/mol. The van der Waals surface area contributed by atoms with Crippen molar-refractivity contribution >= 4 is 57.2 Å². The van der Waals surface area contributed by atoms with Gasteiger partial charge in [-0.2, -0.15) is 0 Å². The van der Waals surface area contributed by atoms with Crippen LogP contribution in [0.2, 0.25) is 5.02 Å². The maximum atomic E-state index is 12.1. The molecule has 10 heteroatoms. The topological polar surface area (TPSA) is 81.1 Å². The van der Waals surface area contributed by atoms with Crippen LogP contribution in [0.3, 0.4) is 0 Å². The molecule has 0 aliphatic carbocycles. The molecule has 2 aromatic heterocycles. The maximum Gasteiger partial charge on any atom is 0.341 e. The highest BCUT2D eigenvalue weighted by Gasteiger charge is 2.21. The van der Waals surface area contributed by atoms with Crippen molar-refractivity contribution in [3.63, 3.8) is 0 Å². The van der Waals surface area contributed by atoms with Gasteiger partial charge in [0.15, 0.2) is 5.11 Å².